The van der Waals surface area contributed by atoms with Crippen LogP contribution in [0.1, 0.15) is 27.0 Å². The summed E-state index contributed by atoms with van der Waals surface area (Å²) in [4.78, 5) is 2.15. The molecule has 0 aliphatic rings. The van der Waals surface area contributed by atoms with Gasteiger partial charge in [-0.1, -0.05) is 0 Å². The minimum absolute atomic E-state index is 0.636. The first-order chi connectivity index (χ1) is 9.06. The van der Waals surface area contributed by atoms with Crippen LogP contribution in [-0.4, -0.2) is 19.3 Å². The molecule has 0 saturated carbocycles. The molecule has 0 amide bonds. The molecule has 102 valence electrons. The lowest BCUT2D eigenvalue weighted by Crippen LogP contribution is -2.02. The third-order valence-electron chi connectivity index (χ3n) is 3.06. The lowest BCUT2D eigenvalue weighted by atomic mass is 10.0. The molecular formula is C15H18O3S. The fourth-order valence-corrected chi connectivity index (χ4v) is 3.16. The molecule has 1 N–H and O–H groups in total. The van der Waals surface area contributed by atoms with E-state index in [2.05, 4.69) is 6.07 Å². The molecule has 1 heterocycles. The van der Waals surface area contributed by atoms with Gasteiger partial charge < -0.3 is 14.6 Å². The molecular weight excluding hydrogens is 260 g/mol. The monoisotopic (exact) mass is 278 g/mol. The van der Waals surface area contributed by atoms with Crippen LogP contribution < -0.4 is 9.47 Å². The number of benzene rings is 1. The van der Waals surface area contributed by atoms with E-state index in [0.29, 0.717) is 11.5 Å². The second-order valence-electron chi connectivity index (χ2n) is 4.41. The number of aryl methyl sites for hydroxylation is 2. The number of hydrogen-bond donors (Lipinski definition) is 1. The zero-order valence-corrected chi connectivity index (χ0v) is 12.4. The Morgan fingerprint density at radius 1 is 1.11 bits per heavy atom. The molecule has 0 radical (unpaired) electrons. The normalized spacial score (nSPS) is 12.3. The molecule has 1 atom stereocenters. The van der Waals surface area contributed by atoms with E-state index < -0.39 is 6.10 Å². The standard InChI is InChI=1S/C15H18O3S/c1-9-7-10(2)19-15(9)14(16)12-6-5-11(17-3)8-13(12)18-4/h5-8,14,16H,1-4H3. The van der Waals surface area contributed by atoms with Gasteiger partial charge in [0, 0.05) is 21.4 Å². The molecule has 1 unspecified atom stereocenters. The third kappa shape index (κ3) is 2.74. The number of aliphatic hydroxyl groups is 1. The first-order valence-corrected chi connectivity index (χ1v) is 6.85. The summed E-state index contributed by atoms with van der Waals surface area (Å²) in [6.07, 6.45) is -0.667. The minimum atomic E-state index is -0.667. The number of aliphatic hydroxyl groups excluding tert-OH is 1. The largest absolute Gasteiger partial charge is 0.497 e. The summed E-state index contributed by atoms with van der Waals surface area (Å²) in [7, 11) is 3.20. The average molecular weight is 278 g/mol. The van der Waals surface area contributed by atoms with Gasteiger partial charge in [0.25, 0.3) is 0 Å². The maximum Gasteiger partial charge on any atom is 0.128 e. The van der Waals surface area contributed by atoms with Crippen molar-refractivity contribution in [2.75, 3.05) is 14.2 Å². The maximum atomic E-state index is 10.6. The van der Waals surface area contributed by atoms with Crippen molar-refractivity contribution in [3.8, 4) is 11.5 Å². The van der Waals surface area contributed by atoms with Crippen LogP contribution in [0.5, 0.6) is 11.5 Å². The van der Waals surface area contributed by atoms with Gasteiger partial charge in [-0.2, -0.15) is 0 Å². The van der Waals surface area contributed by atoms with Gasteiger partial charge in [0.15, 0.2) is 0 Å². The van der Waals surface area contributed by atoms with E-state index in [0.717, 1.165) is 16.0 Å². The predicted octanol–water partition coefficient (Wildman–Crippen LogP) is 3.46. The second-order valence-corrected chi connectivity index (χ2v) is 5.70. The fraction of sp³-hybridized carbons (Fsp3) is 0.333. The van der Waals surface area contributed by atoms with E-state index in [4.69, 9.17) is 9.47 Å². The van der Waals surface area contributed by atoms with Crippen LogP contribution in [0.4, 0.5) is 0 Å². The van der Waals surface area contributed by atoms with Gasteiger partial charge in [0.1, 0.15) is 17.6 Å². The topological polar surface area (TPSA) is 38.7 Å². The van der Waals surface area contributed by atoms with Gasteiger partial charge in [-0.25, -0.2) is 0 Å². The molecule has 0 fully saturated rings. The molecule has 4 heteroatoms. The van der Waals surface area contributed by atoms with Gasteiger partial charge in [-0.15, -0.1) is 11.3 Å². The highest BCUT2D eigenvalue weighted by Gasteiger charge is 2.19. The van der Waals surface area contributed by atoms with Crippen LogP contribution in [0.25, 0.3) is 0 Å². The number of rotatable bonds is 4. The number of hydrogen-bond acceptors (Lipinski definition) is 4. The minimum Gasteiger partial charge on any atom is -0.497 e. The summed E-state index contributed by atoms with van der Waals surface area (Å²) >= 11 is 1.61. The Bertz CT molecular complexity index is 575. The van der Waals surface area contributed by atoms with Crippen LogP contribution in [0.3, 0.4) is 0 Å². The quantitative estimate of drug-likeness (QED) is 0.930. The first-order valence-electron chi connectivity index (χ1n) is 6.03. The molecule has 0 bridgehead atoms. The highest BCUT2D eigenvalue weighted by atomic mass is 32.1. The van der Waals surface area contributed by atoms with Gasteiger partial charge in [-0.05, 0) is 37.6 Å². The Kier molecular flexibility index (Phi) is 4.12. The average Bonchev–Trinajstić information content (AvgIpc) is 2.76. The Morgan fingerprint density at radius 2 is 1.84 bits per heavy atom. The molecule has 0 aliphatic carbocycles. The summed E-state index contributed by atoms with van der Waals surface area (Å²) in [6, 6.07) is 7.54. The zero-order chi connectivity index (χ0) is 14.0. The van der Waals surface area contributed by atoms with E-state index in [-0.39, 0.29) is 0 Å². The molecule has 19 heavy (non-hydrogen) atoms. The van der Waals surface area contributed by atoms with Gasteiger partial charge >= 0.3 is 0 Å². The van der Waals surface area contributed by atoms with Crippen LogP contribution >= 0.6 is 11.3 Å². The first kappa shape index (κ1) is 13.9. The molecule has 1 aromatic heterocycles. The summed E-state index contributed by atoms with van der Waals surface area (Å²) in [5.41, 5.74) is 1.86. The van der Waals surface area contributed by atoms with Crippen molar-refractivity contribution >= 4 is 11.3 Å². The molecule has 1 aromatic carbocycles. The van der Waals surface area contributed by atoms with Crippen LogP contribution in [0.15, 0.2) is 24.3 Å². The molecule has 0 aliphatic heterocycles. The molecule has 0 spiro atoms. The summed E-state index contributed by atoms with van der Waals surface area (Å²) in [6.45, 7) is 4.05. The van der Waals surface area contributed by atoms with Gasteiger partial charge in [-0.3, -0.25) is 0 Å². The van der Waals surface area contributed by atoms with Crippen LogP contribution in [-0.2, 0) is 0 Å². The summed E-state index contributed by atoms with van der Waals surface area (Å²) in [5, 5.41) is 10.6. The number of ether oxygens (including phenoxy) is 2. The van der Waals surface area contributed by atoms with Crippen molar-refractivity contribution < 1.29 is 14.6 Å². The van der Waals surface area contributed by atoms with E-state index in [1.165, 1.54) is 4.88 Å². The van der Waals surface area contributed by atoms with Crippen molar-refractivity contribution in [3.05, 3.63) is 45.1 Å². The van der Waals surface area contributed by atoms with Gasteiger partial charge in [0.2, 0.25) is 0 Å². The van der Waals surface area contributed by atoms with E-state index in [9.17, 15) is 5.11 Å². The van der Waals surface area contributed by atoms with E-state index >= 15 is 0 Å². The molecule has 0 saturated heterocycles. The number of thiophene rings is 1. The second kappa shape index (κ2) is 5.63. The molecule has 2 aromatic rings. The van der Waals surface area contributed by atoms with Crippen molar-refractivity contribution in [2.24, 2.45) is 0 Å². The van der Waals surface area contributed by atoms with Gasteiger partial charge in [0.05, 0.1) is 14.2 Å². The van der Waals surface area contributed by atoms with E-state index in [1.807, 2.05) is 26.0 Å². The van der Waals surface area contributed by atoms with Crippen LogP contribution in [0.2, 0.25) is 0 Å². The lowest BCUT2D eigenvalue weighted by molar-refractivity contribution is 0.217. The van der Waals surface area contributed by atoms with E-state index in [1.54, 1.807) is 31.6 Å². The Morgan fingerprint density at radius 3 is 2.37 bits per heavy atom. The maximum absolute atomic E-state index is 10.6. The molecule has 3 nitrogen and oxygen atoms in total. The predicted molar refractivity (Wildman–Crippen MR) is 77.4 cm³/mol. The summed E-state index contributed by atoms with van der Waals surface area (Å²) < 4.78 is 10.5. The Labute approximate surface area is 117 Å². The Balaban J connectivity index is 2.43. The lowest BCUT2D eigenvalue weighted by Gasteiger charge is -2.15. The fourth-order valence-electron chi connectivity index (χ4n) is 2.12. The van der Waals surface area contributed by atoms with Crippen LogP contribution in [0, 0.1) is 13.8 Å². The van der Waals surface area contributed by atoms with Crippen molar-refractivity contribution in [3.63, 3.8) is 0 Å². The highest BCUT2D eigenvalue weighted by Crippen LogP contribution is 2.37. The Hall–Kier alpha value is -1.52. The zero-order valence-electron chi connectivity index (χ0n) is 11.6. The van der Waals surface area contributed by atoms with Crippen molar-refractivity contribution in [1.82, 2.24) is 0 Å². The third-order valence-corrected chi connectivity index (χ3v) is 4.27. The highest BCUT2D eigenvalue weighted by molar-refractivity contribution is 7.12. The summed E-state index contributed by atoms with van der Waals surface area (Å²) in [5.74, 6) is 1.35. The SMILES string of the molecule is COc1ccc(C(O)c2sc(C)cc2C)c(OC)c1. The molecule has 2 rings (SSSR count). The smallest absolute Gasteiger partial charge is 0.128 e. The van der Waals surface area contributed by atoms with Crippen molar-refractivity contribution in [1.29, 1.82) is 0 Å². The van der Waals surface area contributed by atoms with Crippen molar-refractivity contribution in [2.45, 2.75) is 20.0 Å². The number of methoxy groups -OCH3 is 2.